The van der Waals surface area contributed by atoms with Crippen molar-refractivity contribution in [3.63, 3.8) is 0 Å². The highest BCUT2D eigenvalue weighted by Crippen LogP contribution is 2.22. The van der Waals surface area contributed by atoms with E-state index in [2.05, 4.69) is 14.8 Å². The zero-order valence-electron chi connectivity index (χ0n) is 15.5. The highest BCUT2D eigenvalue weighted by molar-refractivity contribution is 7.89. The van der Waals surface area contributed by atoms with Crippen LogP contribution in [0, 0.1) is 0 Å². The van der Waals surface area contributed by atoms with Gasteiger partial charge in [-0.05, 0) is 24.1 Å². The van der Waals surface area contributed by atoms with E-state index < -0.39 is 21.5 Å². The third-order valence-corrected chi connectivity index (χ3v) is 6.22. The Balaban J connectivity index is 1.89. The second-order valence-electron chi connectivity index (χ2n) is 6.46. The lowest BCUT2D eigenvalue weighted by molar-refractivity contribution is -0.144. The van der Waals surface area contributed by atoms with Crippen molar-refractivity contribution in [2.75, 3.05) is 0 Å². The van der Waals surface area contributed by atoms with Gasteiger partial charge in [0.1, 0.15) is 10.4 Å². The Morgan fingerprint density at radius 3 is 2.45 bits per heavy atom. The summed E-state index contributed by atoms with van der Waals surface area (Å²) in [4.78, 5) is 16.0. The number of aromatic nitrogens is 3. The van der Waals surface area contributed by atoms with E-state index in [1.807, 2.05) is 6.07 Å². The predicted octanol–water partition coefficient (Wildman–Crippen LogP) is 2.68. The molecule has 0 amide bonds. The zero-order valence-corrected chi connectivity index (χ0v) is 17.1. The van der Waals surface area contributed by atoms with E-state index >= 15 is 0 Å². The van der Waals surface area contributed by atoms with Crippen molar-refractivity contribution in [2.45, 2.75) is 30.2 Å². The number of nitrogens with one attached hydrogen (secondary N) is 1. The van der Waals surface area contributed by atoms with Crippen LogP contribution < -0.4 is 4.72 Å². The summed E-state index contributed by atoms with van der Waals surface area (Å²) in [6.45, 7) is 1.63. The van der Waals surface area contributed by atoms with Crippen LogP contribution in [0.25, 0.3) is 5.82 Å². The fraction of sp³-hybridized carbons (Fsp3) is 0.211. The number of halogens is 1. The van der Waals surface area contributed by atoms with Crippen molar-refractivity contribution in [3.8, 4) is 5.82 Å². The zero-order chi connectivity index (χ0) is 21.1. The number of benzene rings is 1. The van der Waals surface area contributed by atoms with Crippen molar-refractivity contribution >= 4 is 27.6 Å². The van der Waals surface area contributed by atoms with Crippen LogP contribution in [0.3, 0.4) is 0 Å². The lowest BCUT2D eigenvalue weighted by atomic mass is 9.89. The largest absolute Gasteiger partial charge is 0.480 e. The molecule has 0 bridgehead atoms. The van der Waals surface area contributed by atoms with Gasteiger partial charge < -0.3 is 5.11 Å². The number of carboxylic acid groups (broad SMARTS) is 1. The molecule has 0 saturated carbocycles. The minimum atomic E-state index is -4.14. The minimum Gasteiger partial charge on any atom is -0.480 e. The Hall–Kier alpha value is -2.75. The molecule has 29 heavy (non-hydrogen) atoms. The molecule has 0 aliphatic carbocycles. The van der Waals surface area contributed by atoms with Crippen molar-refractivity contribution in [2.24, 2.45) is 0 Å². The van der Waals surface area contributed by atoms with Crippen molar-refractivity contribution < 1.29 is 18.3 Å². The molecule has 2 aromatic heterocycles. The van der Waals surface area contributed by atoms with Gasteiger partial charge in [0, 0.05) is 12.6 Å². The minimum absolute atomic E-state index is 0.0101. The molecule has 3 aromatic rings. The van der Waals surface area contributed by atoms with Gasteiger partial charge in [0.2, 0.25) is 10.0 Å². The fourth-order valence-electron chi connectivity index (χ4n) is 2.86. The van der Waals surface area contributed by atoms with E-state index in [-0.39, 0.29) is 17.7 Å². The number of aliphatic carboxylic acids is 1. The molecule has 10 heteroatoms. The summed E-state index contributed by atoms with van der Waals surface area (Å²) in [7, 11) is -4.14. The van der Waals surface area contributed by atoms with E-state index in [1.54, 1.807) is 31.2 Å². The van der Waals surface area contributed by atoms with Gasteiger partial charge in [-0.25, -0.2) is 18.1 Å². The molecule has 0 saturated heterocycles. The molecular weight excluding hydrogens is 416 g/mol. The van der Waals surface area contributed by atoms with E-state index in [0.717, 1.165) is 6.20 Å². The maximum Gasteiger partial charge on any atom is 0.325 e. The third kappa shape index (κ3) is 4.64. The molecule has 2 N–H and O–H groups in total. The average Bonchev–Trinajstić information content (AvgIpc) is 3.14. The highest BCUT2D eigenvalue weighted by atomic mass is 35.5. The lowest BCUT2D eigenvalue weighted by Gasteiger charge is -2.29. The summed E-state index contributed by atoms with van der Waals surface area (Å²) < 4.78 is 29.6. The molecule has 3 rings (SSSR count). The lowest BCUT2D eigenvalue weighted by Crippen LogP contribution is -2.55. The van der Waals surface area contributed by atoms with Gasteiger partial charge >= 0.3 is 5.97 Å². The molecule has 1 atom stereocenters. The first-order valence-corrected chi connectivity index (χ1v) is 10.6. The van der Waals surface area contributed by atoms with Crippen molar-refractivity contribution in [3.05, 3.63) is 71.6 Å². The van der Waals surface area contributed by atoms with Gasteiger partial charge in [-0.3, -0.25) is 4.79 Å². The normalized spacial score (nSPS) is 13.7. The quantitative estimate of drug-likeness (QED) is 0.563. The summed E-state index contributed by atoms with van der Waals surface area (Å²) in [5, 5.41) is 14.2. The second-order valence-corrected chi connectivity index (χ2v) is 8.58. The number of pyridine rings is 1. The standard InChI is InChI=1S/C19H19ClN4O4S/c1-2-19(18(25)26,10-14-6-4-3-5-7-14)23-29(27,28)16-8-9-17(21-12-16)24-13-15(20)11-22-24/h3-9,11-13,23H,2,10H2,1H3,(H,25,26)/t19-/m0/s1. The molecular formula is C19H19ClN4O4S. The van der Waals surface area contributed by atoms with E-state index in [0.29, 0.717) is 16.4 Å². The second kappa shape index (κ2) is 8.32. The fourth-order valence-corrected chi connectivity index (χ4v) is 4.37. The number of hydrogen-bond donors (Lipinski definition) is 2. The number of carboxylic acids is 1. The smallest absolute Gasteiger partial charge is 0.325 e. The Bertz CT molecular complexity index is 1100. The maximum absolute atomic E-state index is 12.9. The Labute approximate surface area is 173 Å². The topological polar surface area (TPSA) is 114 Å². The van der Waals surface area contributed by atoms with Gasteiger partial charge in [-0.1, -0.05) is 48.9 Å². The number of nitrogens with zero attached hydrogens (tertiary/aromatic N) is 3. The number of carbonyl (C=O) groups is 1. The van der Waals surface area contributed by atoms with E-state index in [1.165, 1.54) is 29.2 Å². The van der Waals surface area contributed by atoms with Crippen LogP contribution in [0.15, 0.2) is 66.0 Å². The first-order chi connectivity index (χ1) is 13.8. The highest BCUT2D eigenvalue weighted by Gasteiger charge is 2.41. The first-order valence-electron chi connectivity index (χ1n) is 8.74. The van der Waals surface area contributed by atoms with Crippen molar-refractivity contribution in [1.82, 2.24) is 19.5 Å². The molecule has 152 valence electrons. The summed E-state index contributed by atoms with van der Waals surface area (Å²) in [6.07, 6.45) is 4.19. The van der Waals surface area contributed by atoms with Crippen LogP contribution in [0.5, 0.6) is 0 Å². The molecule has 2 heterocycles. The van der Waals surface area contributed by atoms with Gasteiger partial charge in [0.25, 0.3) is 0 Å². The molecule has 0 unspecified atom stereocenters. The van der Waals surface area contributed by atoms with Crippen molar-refractivity contribution in [1.29, 1.82) is 0 Å². The van der Waals surface area contributed by atoms with Gasteiger partial charge in [0.15, 0.2) is 5.82 Å². The molecule has 0 radical (unpaired) electrons. The number of sulfonamides is 1. The van der Waals surface area contributed by atoms with Crippen LogP contribution in [-0.2, 0) is 21.2 Å². The van der Waals surface area contributed by atoms with Crippen LogP contribution in [0.1, 0.15) is 18.9 Å². The Kier molecular flexibility index (Phi) is 6.02. The summed E-state index contributed by atoms with van der Waals surface area (Å²) in [5.74, 6) is -0.872. The summed E-state index contributed by atoms with van der Waals surface area (Å²) in [5.41, 5.74) is -0.975. The predicted molar refractivity (Wildman–Crippen MR) is 107 cm³/mol. The molecule has 8 nitrogen and oxygen atoms in total. The van der Waals surface area contributed by atoms with Gasteiger partial charge in [-0.15, -0.1) is 0 Å². The van der Waals surface area contributed by atoms with Crippen LogP contribution in [-0.4, -0.2) is 39.8 Å². The average molecular weight is 435 g/mol. The molecule has 0 spiro atoms. The number of rotatable bonds is 8. The maximum atomic E-state index is 12.9. The van der Waals surface area contributed by atoms with E-state index in [9.17, 15) is 18.3 Å². The van der Waals surface area contributed by atoms with Gasteiger partial charge in [-0.2, -0.15) is 9.82 Å². The SMILES string of the molecule is CC[C@@](Cc1ccccc1)(NS(=O)(=O)c1ccc(-n2cc(Cl)cn2)nc1)C(=O)O. The Morgan fingerprint density at radius 1 is 1.21 bits per heavy atom. The number of hydrogen-bond acceptors (Lipinski definition) is 5. The molecule has 0 aliphatic heterocycles. The van der Waals surface area contributed by atoms with Crippen LogP contribution >= 0.6 is 11.6 Å². The molecule has 1 aromatic carbocycles. The molecule has 0 aliphatic rings. The van der Waals surface area contributed by atoms with Crippen LogP contribution in [0.4, 0.5) is 0 Å². The monoisotopic (exact) mass is 434 g/mol. The first kappa shape index (κ1) is 21.0. The molecule has 0 fully saturated rings. The van der Waals surface area contributed by atoms with Crippen LogP contribution in [0.2, 0.25) is 5.02 Å². The van der Waals surface area contributed by atoms with E-state index in [4.69, 9.17) is 11.6 Å². The van der Waals surface area contributed by atoms with Gasteiger partial charge in [0.05, 0.1) is 17.4 Å². The summed E-state index contributed by atoms with van der Waals surface area (Å²) >= 11 is 5.83. The summed E-state index contributed by atoms with van der Waals surface area (Å²) in [6, 6.07) is 11.7. The third-order valence-electron chi connectivity index (χ3n) is 4.51. The Morgan fingerprint density at radius 2 is 1.93 bits per heavy atom.